The first-order valence-electron chi connectivity index (χ1n) is 4.16. The first-order valence-corrected chi connectivity index (χ1v) is 5.65. The molecule has 2 N–H and O–H groups in total. The van der Waals surface area contributed by atoms with Crippen LogP contribution < -0.4 is 4.72 Å². The molecule has 0 bridgehead atoms. The predicted molar refractivity (Wildman–Crippen MR) is 50.1 cm³/mol. The summed E-state index contributed by atoms with van der Waals surface area (Å²) in [6, 6.07) is 1.42. The minimum Gasteiger partial charge on any atom is -0.396 e. The van der Waals surface area contributed by atoms with Crippen LogP contribution in [0.3, 0.4) is 0 Å². The van der Waals surface area contributed by atoms with Crippen LogP contribution in [0.1, 0.15) is 6.42 Å². The second-order valence-electron chi connectivity index (χ2n) is 2.77. The van der Waals surface area contributed by atoms with Crippen LogP contribution in [0.5, 0.6) is 0 Å². The van der Waals surface area contributed by atoms with Crippen LogP contribution in [0.25, 0.3) is 0 Å². The van der Waals surface area contributed by atoms with E-state index in [9.17, 15) is 8.42 Å². The van der Waals surface area contributed by atoms with Gasteiger partial charge in [0, 0.05) is 20.2 Å². The van der Waals surface area contributed by atoms with E-state index >= 15 is 0 Å². The molecule has 0 spiro atoms. The van der Waals surface area contributed by atoms with Gasteiger partial charge in [-0.2, -0.15) is 5.10 Å². The van der Waals surface area contributed by atoms with E-state index in [1.54, 1.807) is 7.05 Å². The van der Waals surface area contributed by atoms with Crippen molar-refractivity contribution in [3.63, 3.8) is 0 Å². The Balaban J connectivity index is 2.72. The molecule has 1 aromatic heterocycles. The van der Waals surface area contributed by atoms with Gasteiger partial charge in [0.15, 0.2) is 5.03 Å². The molecule has 1 aromatic rings. The first-order chi connectivity index (χ1) is 6.58. The molecule has 0 aliphatic carbocycles. The maximum absolute atomic E-state index is 11.5. The quantitative estimate of drug-likeness (QED) is 0.627. The van der Waals surface area contributed by atoms with Crippen LogP contribution in [-0.4, -0.2) is 36.5 Å². The van der Waals surface area contributed by atoms with E-state index in [4.69, 9.17) is 5.11 Å². The maximum Gasteiger partial charge on any atom is 0.257 e. The lowest BCUT2D eigenvalue weighted by Gasteiger charge is -2.05. The summed E-state index contributed by atoms with van der Waals surface area (Å²) in [6.45, 7) is 0.192. The Labute approximate surface area is 82.6 Å². The number of aliphatic hydroxyl groups is 1. The molecule has 1 heterocycles. The SMILES string of the molecule is Cn1nccc1S(=O)(=O)NCCCO. The molecule has 0 aliphatic heterocycles. The van der Waals surface area contributed by atoms with Crippen LogP contribution in [0.2, 0.25) is 0 Å². The van der Waals surface area contributed by atoms with Gasteiger partial charge in [0.25, 0.3) is 10.0 Å². The van der Waals surface area contributed by atoms with Crippen molar-refractivity contribution >= 4 is 10.0 Å². The number of rotatable bonds is 5. The van der Waals surface area contributed by atoms with E-state index in [0.29, 0.717) is 6.42 Å². The van der Waals surface area contributed by atoms with Crippen molar-refractivity contribution in [1.82, 2.24) is 14.5 Å². The number of aliphatic hydroxyl groups excluding tert-OH is 1. The summed E-state index contributed by atoms with van der Waals surface area (Å²) in [7, 11) is -1.92. The molecule has 0 fully saturated rings. The summed E-state index contributed by atoms with van der Waals surface area (Å²) >= 11 is 0. The van der Waals surface area contributed by atoms with Gasteiger partial charge in [-0.25, -0.2) is 13.1 Å². The van der Waals surface area contributed by atoms with Crippen LogP contribution in [0.15, 0.2) is 17.3 Å². The van der Waals surface area contributed by atoms with E-state index < -0.39 is 10.0 Å². The van der Waals surface area contributed by atoms with Crippen LogP contribution in [0.4, 0.5) is 0 Å². The highest BCUT2D eigenvalue weighted by Gasteiger charge is 2.16. The Kier molecular flexibility index (Phi) is 3.62. The molecule has 0 atom stereocenters. The van der Waals surface area contributed by atoms with Crippen molar-refractivity contribution in [2.24, 2.45) is 7.05 Å². The summed E-state index contributed by atoms with van der Waals surface area (Å²) in [6.07, 6.45) is 1.82. The fourth-order valence-electron chi connectivity index (χ4n) is 0.985. The van der Waals surface area contributed by atoms with Gasteiger partial charge in [-0.3, -0.25) is 4.68 Å². The lowest BCUT2D eigenvalue weighted by atomic mass is 10.5. The molecule has 6 nitrogen and oxygen atoms in total. The summed E-state index contributed by atoms with van der Waals surface area (Å²) in [5, 5.41) is 12.4. The number of aryl methyl sites for hydroxylation is 1. The van der Waals surface area contributed by atoms with Gasteiger partial charge in [-0.15, -0.1) is 0 Å². The maximum atomic E-state index is 11.5. The lowest BCUT2D eigenvalue weighted by Crippen LogP contribution is -2.27. The van der Waals surface area contributed by atoms with E-state index in [1.165, 1.54) is 16.9 Å². The van der Waals surface area contributed by atoms with Gasteiger partial charge < -0.3 is 5.11 Å². The molecule has 14 heavy (non-hydrogen) atoms. The monoisotopic (exact) mass is 219 g/mol. The van der Waals surface area contributed by atoms with Gasteiger partial charge in [-0.1, -0.05) is 0 Å². The molecule has 0 aliphatic rings. The fraction of sp³-hybridized carbons (Fsp3) is 0.571. The largest absolute Gasteiger partial charge is 0.396 e. The second kappa shape index (κ2) is 4.54. The topological polar surface area (TPSA) is 84.2 Å². The Bertz CT molecular complexity index is 385. The molecule has 0 aromatic carbocycles. The zero-order chi connectivity index (χ0) is 10.6. The van der Waals surface area contributed by atoms with Crippen LogP contribution in [-0.2, 0) is 17.1 Å². The highest BCUT2D eigenvalue weighted by Crippen LogP contribution is 2.05. The molecule has 0 unspecified atom stereocenters. The normalized spacial score (nSPS) is 11.9. The van der Waals surface area contributed by atoms with Crippen LogP contribution in [0, 0.1) is 0 Å². The van der Waals surface area contributed by atoms with E-state index in [0.717, 1.165) is 0 Å². The van der Waals surface area contributed by atoms with Crippen molar-refractivity contribution in [3.05, 3.63) is 12.3 Å². The third-order valence-corrected chi connectivity index (χ3v) is 3.21. The molecule has 0 radical (unpaired) electrons. The third-order valence-electron chi connectivity index (χ3n) is 1.68. The summed E-state index contributed by atoms with van der Waals surface area (Å²) < 4.78 is 26.7. The highest BCUT2D eigenvalue weighted by molar-refractivity contribution is 7.89. The van der Waals surface area contributed by atoms with E-state index in [2.05, 4.69) is 9.82 Å². The predicted octanol–water partition coefficient (Wildman–Crippen LogP) is -0.919. The Hall–Kier alpha value is -0.920. The standard InChI is InChI=1S/C7H13N3O3S/c1-10-7(3-5-8-10)14(12,13)9-4-2-6-11/h3,5,9,11H,2,4,6H2,1H3. The van der Waals surface area contributed by atoms with Gasteiger partial charge >= 0.3 is 0 Å². The summed E-state index contributed by atoms with van der Waals surface area (Å²) in [5.41, 5.74) is 0. The van der Waals surface area contributed by atoms with Gasteiger partial charge in [0.1, 0.15) is 0 Å². The number of aromatic nitrogens is 2. The number of sulfonamides is 1. The average Bonchev–Trinajstić information content (AvgIpc) is 2.52. The van der Waals surface area contributed by atoms with Crippen molar-refractivity contribution in [2.45, 2.75) is 11.4 Å². The van der Waals surface area contributed by atoms with Crippen molar-refractivity contribution in [2.75, 3.05) is 13.2 Å². The number of hydrogen-bond donors (Lipinski definition) is 2. The zero-order valence-electron chi connectivity index (χ0n) is 7.84. The van der Waals surface area contributed by atoms with Gasteiger partial charge in [-0.05, 0) is 12.5 Å². The Morgan fingerprint density at radius 2 is 2.36 bits per heavy atom. The van der Waals surface area contributed by atoms with Gasteiger partial charge in [0.2, 0.25) is 0 Å². The molecular weight excluding hydrogens is 206 g/mol. The minimum atomic E-state index is -3.48. The van der Waals surface area contributed by atoms with E-state index in [-0.39, 0.29) is 18.2 Å². The minimum absolute atomic E-state index is 0.0338. The Morgan fingerprint density at radius 3 is 2.86 bits per heavy atom. The number of nitrogens with zero attached hydrogens (tertiary/aromatic N) is 2. The van der Waals surface area contributed by atoms with Crippen molar-refractivity contribution in [3.8, 4) is 0 Å². The third kappa shape index (κ3) is 2.53. The van der Waals surface area contributed by atoms with Crippen LogP contribution >= 0.6 is 0 Å². The highest BCUT2D eigenvalue weighted by atomic mass is 32.2. The number of hydrogen-bond acceptors (Lipinski definition) is 4. The molecular formula is C7H13N3O3S. The number of nitrogens with one attached hydrogen (secondary N) is 1. The molecule has 0 amide bonds. The molecule has 0 saturated heterocycles. The summed E-state index contributed by atoms with van der Waals surface area (Å²) in [5.74, 6) is 0. The molecule has 80 valence electrons. The molecule has 7 heteroatoms. The van der Waals surface area contributed by atoms with E-state index in [1.807, 2.05) is 0 Å². The molecule has 1 rings (SSSR count). The van der Waals surface area contributed by atoms with Gasteiger partial charge in [0.05, 0.1) is 6.20 Å². The first kappa shape index (κ1) is 11.2. The van der Waals surface area contributed by atoms with Crippen molar-refractivity contribution in [1.29, 1.82) is 0 Å². The Morgan fingerprint density at radius 1 is 1.64 bits per heavy atom. The smallest absolute Gasteiger partial charge is 0.257 e. The zero-order valence-corrected chi connectivity index (χ0v) is 8.66. The lowest BCUT2D eigenvalue weighted by molar-refractivity contribution is 0.289. The molecule has 0 saturated carbocycles. The average molecular weight is 219 g/mol. The summed E-state index contributed by atoms with van der Waals surface area (Å²) in [4.78, 5) is 0. The van der Waals surface area contributed by atoms with Crippen molar-refractivity contribution < 1.29 is 13.5 Å². The second-order valence-corrected chi connectivity index (χ2v) is 4.48. The fourth-order valence-corrected chi connectivity index (χ4v) is 2.18.